The van der Waals surface area contributed by atoms with Gasteiger partial charge in [0.25, 0.3) is 10.0 Å². The van der Waals surface area contributed by atoms with Crippen molar-refractivity contribution in [2.24, 2.45) is 0 Å². The van der Waals surface area contributed by atoms with Crippen LogP contribution in [0.25, 0.3) is 0 Å². The van der Waals surface area contributed by atoms with Crippen LogP contribution in [0.1, 0.15) is 24.1 Å². The Balaban J connectivity index is 1.83. The molecular formula is C14H17N3O2S2. The molecule has 0 unspecified atom stereocenters. The van der Waals surface area contributed by atoms with E-state index in [4.69, 9.17) is 0 Å². The minimum Gasteiger partial charge on any atom is -0.310 e. The van der Waals surface area contributed by atoms with E-state index in [9.17, 15) is 8.42 Å². The van der Waals surface area contributed by atoms with Crippen molar-refractivity contribution >= 4 is 26.5 Å². The first-order valence-corrected chi connectivity index (χ1v) is 9.17. The fourth-order valence-corrected chi connectivity index (χ4v) is 4.21. The molecule has 1 fully saturated rings. The van der Waals surface area contributed by atoms with E-state index in [2.05, 4.69) is 15.0 Å². The van der Waals surface area contributed by atoms with Crippen LogP contribution in [0, 0.1) is 6.92 Å². The molecule has 2 N–H and O–H groups in total. The molecule has 7 heteroatoms. The van der Waals surface area contributed by atoms with Gasteiger partial charge < -0.3 is 5.32 Å². The minimum absolute atomic E-state index is 0.311. The van der Waals surface area contributed by atoms with Gasteiger partial charge in [0.05, 0.1) is 10.6 Å². The third-order valence-corrected chi connectivity index (χ3v) is 5.71. The first kappa shape index (κ1) is 14.5. The number of anilines is 1. The molecule has 21 heavy (non-hydrogen) atoms. The maximum atomic E-state index is 12.5. The Labute approximate surface area is 128 Å². The molecule has 112 valence electrons. The van der Waals surface area contributed by atoms with Crippen molar-refractivity contribution in [2.75, 3.05) is 4.72 Å². The number of nitrogens with zero attached hydrogens (tertiary/aromatic N) is 1. The summed E-state index contributed by atoms with van der Waals surface area (Å²) >= 11 is 1.29. The molecule has 0 radical (unpaired) electrons. The Bertz CT molecular complexity index is 736. The summed E-state index contributed by atoms with van der Waals surface area (Å²) in [5.41, 5.74) is 1.59. The Morgan fingerprint density at radius 3 is 2.76 bits per heavy atom. The standard InChI is InChI=1S/C14H17N3O2S2/c1-10-9-20-14(16-10)17-21(18,19)13-5-3-2-4-11(13)8-15-12-6-7-12/h2-5,9,12,15H,6-8H2,1H3,(H,16,17). The lowest BCUT2D eigenvalue weighted by atomic mass is 10.2. The predicted molar refractivity (Wildman–Crippen MR) is 84.0 cm³/mol. The first-order valence-electron chi connectivity index (χ1n) is 6.81. The Morgan fingerprint density at radius 1 is 1.33 bits per heavy atom. The van der Waals surface area contributed by atoms with Crippen molar-refractivity contribution < 1.29 is 8.42 Å². The van der Waals surface area contributed by atoms with Crippen molar-refractivity contribution in [3.8, 4) is 0 Å². The number of nitrogens with one attached hydrogen (secondary N) is 2. The fraction of sp³-hybridized carbons (Fsp3) is 0.357. The van der Waals surface area contributed by atoms with Crippen LogP contribution >= 0.6 is 11.3 Å². The highest BCUT2D eigenvalue weighted by atomic mass is 32.2. The second-order valence-electron chi connectivity index (χ2n) is 5.16. The molecule has 1 aromatic carbocycles. The molecule has 0 bridgehead atoms. The number of aromatic nitrogens is 1. The summed E-state index contributed by atoms with van der Waals surface area (Å²) in [7, 11) is -3.60. The Hall–Kier alpha value is -1.44. The number of benzene rings is 1. The van der Waals surface area contributed by atoms with Crippen molar-refractivity contribution in [3.05, 3.63) is 40.9 Å². The monoisotopic (exact) mass is 323 g/mol. The average Bonchev–Trinajstić information content (AvgIpc) is 3.19. The van der Waals surface area contributed by atoms with Gasteiger partial charge in [-0.15, -0.1) is 11.3 Å². The summed E-state index contributed by atoms with van der Waals surface area (Å²) in [6.45, 7) is 2.40. The smallest absolute Gasteiger partial charge is 0.263 e. The largest absolute Gasteiger partial charge is 0.310 e. The van der Waals surface area contributed by atoms with E-state index in [1.807, 2.05) is 24.4 Å². The van der Waals surface area contributed by atoms with Gasteiger partial charge in [-0.05, 0) is 31.4 Å². The van der Waals surface area contributed by atoms with Crippen LogP contribution in [-0.2, 0) is 16.6 Å². The highest BCUT2D eigenvalue weighted by Crippen LogP contribution is 2.24. The van der Waals surface area contributed by atoms with Crippen molar-refractivity contribution in [2.45, 2.75) is 37.2 Å². The number of thiazole rings is 1. The summed E-state index contributed by atoms with van der Waals surface area (Å²) in [5, 5.41) is 5.57. The van der Waals surface area contributed by atoms with Crippen LogP contribution < -0.4 is 10.0 Å². The Morgan fingerprint density at radius 2 is 2.10 bits per heavy atom. The molecule has 0 atom stereocenters. The van der Waals surface area contributed by atoms with Crippen molar-refractivity contribution in [3.63, 3.8) is 0 Å². The number of hydrogen-bond donors (Lipinski definition) is 2. The van der Waals surface area contributed by atoms with Crippen LogP contribution in [0.3, 0.4) is 0 Å². The van der Waals surface area contributed by atoms with Gasteiger partial charge in [-0.25, -0.2) is 13.4 Å². The lowest BCUT2D eigenvalue weighted by Gasteiger charge is -2.11. The molecule has 2 aromatic rings. The quantitative estimate of drug-likeness (QED) is 0.857. The lowest BCUT2D eigenvalue weighted by molar-refractivity contribution is 0.597. The van der Waals surface area contributed by atoms with Gasteiger partial charge in [0.15, 0.2) is 5.13 Å². The maximum Gasteiger partial charge on any atom is 0.263 e. The van der Waals surface area contributed by atoms with Crippen molar-refractivity contribution in [1.29, 1.82) is 0 Å². The van der Waals surface area contributed by atoms with Gasteiger partial charge in [0.2, 0.25) is 0 Å². The zero-order valence-electron chi connectivity index (χ0n) is 11.7. The van der Waals surface area contributed by atoms with E-state index < -0.39 is 10.0 Å². The van der Waals surface area contributed by atoms with Gasteiger partial charge >= 0.3 is 0 Å². The molecule has 1 aliphatic carbocycles. The Kier molecular flexibility index (Phi) is 3.97. The third kappa shape index (κ3) is 3.61. The highest BCUT2D eigenvalue weighted by molar-refractivity contribution is 7.93. The molecule has 1 saturated carbocycles. The lowest BCUT2D eigenvalue weighted by Crippen LogP contribution is -2.20. The summed E-state index contributed by atoms with van der Waals surface area (Å²) < 4.78 is 27.6. The van der Waals surface area contributed by atoms with Gasteiger partial charge in [-0.3, -0.25) is 4.72 Å². The fourth-order valence-electron chi connectivity index (χ4n) is 2.02. The SMILES string of the molecule is Cc1csc(NS(=O)(=O)c2ccccc2CNC2CC2)n1. The first-order chi connectivity index (χ1) is 10.0. The number of aryl methyl sites for hydroxylation is 1. The van der Waals surface area contributed by atoms with Crippen molar-refractivity contribution in [1.82, 2.24) is 10.3 Å². The molecule has 0 saturated heterocycles. The third-order valence-electron chi connectivity index (χ3n) is 3.26. The average molecular weight is 323 g/mol. The molecule has 5 nitrogen and oxygen atoms in total. The van der Waals surface area contributed by atoms with Crippen LogP contribution in [0.2, 0.25) is 0 Å². The van der Waals surface area contributed by atoms with E-state index in [0.717, 1.165) is 11.3 Å². The second kappa shape index (κ2) is 5.75. The van der Waals surface area contributed by atoms with Gasteiger partial charge in [-0.1, -0.05) is 18.2 Å². The molecule has 0 spiro atoms. The van der Waals surface area contributed by atoms with Gasteiger partial charge in [-0.2, -0.15) is 0 Å². The van der Waals surface area contributed by atoms with Crippen LogP contribution in [0.5, 0.6) is 0 Å². The summed E-state index contributed by atoms with van der Waals surface area (Å²) in [4.78, 5) is 4.46. The number of hydrogen-bond acceptors (Lipinski definition) is 5. The van der Waals surface area contributed by atoms with Crippen LogP contribution in [0.4, 0.5) is 5.13 Å². The molecule has 0 aliphatic heterocycles. The molecule has 1 aromatic heterocycles. The topological polar surface area (TPSA) is 71.1 Å². The predicted octanol–water partition coefficient (Wildman–Crippen LogP) is 2.50. The summed E-state index contributed by atoms with van der Waals surface area (Å²) in [6.07, 6.45) is 2.34. The summed E-state index contributed by atoms with van der Waals surface area (Å²) in [6, 6.07) is 7.61. The van der Waals surface area contributed by atoms with E-state index in [0.29, 0.717) is 22.6 Å². The minimum atomic E-state index is -3.60. The zero-order chi connectivity index (χ0) is 14.9. The number of sulfonamides is 1. The molecule has 0 amide bonds. The normalized spacial score (nSPS) is 15.1. The van der Waals surface area contributed by atoms with Crippen LogP contribution in [0.15, 0.2) is 34.5 Å². The van der Waals surface area contributed by atoms with Gasteiger partial charge in [0, 0.05) is 18.0 Å². The van der Waals surface area contributed by atoms with E-state index in [1.54, 1.807) is 12.1 Å². The van der Waals surface area contributed by atoms with Crippen LogP contribution in [-0.4, -0.2) is 19.4 Å². The second-order valence-corrected chi connectivity index (χ2v) is 7.67. The molecule has 3 rings (SSSR count). The van der Waals surface area contributed by atoms with E-state index in [-0.39, 0.29) is 0 Å². The molecular weight excluding hydrogens is 306 g/mol. The van der Waals surface area contributed by atoms with Gasteiger partial charge in [0.1, 0.15) is 0 Å². The molecule has 1 heterocycles. The molecule has 1 aliphatic rings. The highest BCUT2D eigenvalue weighted by Gasteiger charge is 2.23. The zero-order valence-corrected chi connectivity index (χ0v) is 13.3. The van der Waals surface area contributed by atoms with E-state index in [1.165, 1.54) is 24.2 Å². The number of rotatable bonds is 6. The summed E-state index contributed by atoms with van der Waals surface area (Å²) in [5.74, 6) is 0. The van der Waals surface area contributed by atoms with E-state index >= 15 is 0 Å². The maximum absolute atomic E-state index is 12.5.